The zero-order valence-corrected chi connectivity index (χ0v) is 13.2. The van der Waals surface area contributed by atoms with Crippen LogP contribution in [0.3, 0.4) is 0 Å². The van der Waals surface area contributed by atoms with E-state index >= 15 is 0 Å². The summed E-state index contributed by atoms with van der Waals surface area (Å²) in [5.74, 6) is -1.51. The Bertz CT molecular complexity index is 898. The third-order valence-electron chi connectivity index (χ3n) is 3.45. The normalized spacial score (nSPS) is 10.8. The maximum absolute atomic E-state index is 12.0. The van der Waals surface area contributed by atoms with Crippen LogP contribution in [0.4, 0.5) is 5.69 Å². The molecule has 9 nitrogen and oxygen atoms in total. The van der Waals surface area contributed by atoms with Gasteiger partial charge in [-0.1, -0.05) is 6.07 Å². The molecule has 0 saturated heterocycles. The second kappa shape index (κ2) is 6.49. The molecule has 2 heterocycles. The minimum atomic E-state index is -0.779. The molecule has 0 atom stereocenters. The predicted octanol–water partition coefficient (Wildman–Crippen LogP) is 0.791. The molecule has 3 rings (SSSR count). The highest BCUT2D eigenvalue weighted by atomic mass is 16.6. The average molecular weight is 328 g/mol. The molecular formula is C15H16N6O3. The molecule has 2 aromatic heterocycles. The Morgan fingerprint density at radius 3 is 2.79 bits per heavy atom. The van der Waals surface area contributed by atoms with Gasteiger partial charge in [0.1, 0.15) is 5.52 Å². The third-order valence-corrected chi connectivity index (χ3v) is 3.45. The van der Waals surface area contributed by atoms with Gasteiger partial charge in [0, 0.05) is 12.2 Å². The fourth-order valence-corrected chi connectivity index (χ4v) is 2.34. The second-order valence-corrected chi connectivity index (χ2v) is 5.30. The molecule has 2 N–H and O–H groups in total. The molecule has 24 heavy (non-hydrogen) atoms. The van der Waals surface area contributed by atoms with Gasteiger partial charge in [0.2, 0.25) is 0 Å². The number of carbonyl (C=O) groups excluding carboxylic acids is 2. The molecule has 0 aliphatic heterocycles. The van der Waals surface area contributed by atoms with Crippen LogP contribution in [0, 0.1) is 13.8 Å². The molecule has 0 saturated carbocycles. The lowest BCUT2D eigenvalue weighted by atomic mass is 10.2. The summed E-state index contributed by atoms with van der Waals surface area (Å²) >= 11 is 0. The van der Waals surface area contributed by atoms with E-state index in [1.54, 1.807) is 22.9 Å². The van der Waals surface area contributed by atoms with Crippen LogP contribution in [0.25, 0.3) is 11.0 Å². The molecule has 0 unspecified atom stereocenters. The van der Waals surface area contributed by atoms with Gasteiger partial charge in [0.05, 0.1) is 17.9 Å². The van der Waals surface area contributed by atoms with Crippen LogP contribution in [-0.4, -0.2) is 38.5 Å². The van der Waals surface area contributed by atoms with Gasteiger partial charge in [-0.3, -0.25) is 14.3 Å². The van der Waals surface area contributed by atoms with Crippen LogP contribution >= 0.6 is 0 Å². The molecule has 124 valence electrons. The Labute approximate surface area is 137 Å². The van der Waals surface area contributed by atoms with E-state index in [1.807, 2.05) is 19.9 Å². The van der Waals surface area contributed by atoms with E-state index in [0.717, 1.165) is 11.4 Å². The highest BCUT2D eigenvalue weighted by molar-refractivity contribution is 6.40. The van der Waals surface area contributed by atoms with E-state index in [9.17, 15) is 9.59 Å². The number of aromatic nitrogens is 4. The standard InChI is InChI=1S/C15H16N6O3/c1-9-8-10(2)21(18-9)7-6-16-14(22)15(23)17-11-4-3-5-12-13(11)20-24-19-12/h3-5,8H,6-7H2,1-2H3,(H,16,22)(H,17,23). The van der Waals surface area contributed by atoms with Gasteiger partial charge < -0.3 is 10.6 Å². The molecular weight excluding hydrogens is 312 g/mol. The number of nitrogens with zero attached hydrogens (tertiary/aromatic N) is 4. The summed E-state index contributed by atoms with van der Waals surface area (Å²) in [7, 11) is 0. The number of anilines is 1. The van der Waals surface area contributed by atoms with Gasteiger partial charge in [-0.2, -0.15) is 5.10 Å². The smallest absolute Gasteiger partial charge is 0.313 e. The number of fused-ring (bicyclic) bond motifs is 1. The minimum Gasteiger partial charge on any atom is -0.346 e. The number of benzene rings is 1. The molecule has 0 aliphatic rings. The van der Waals surface area contributed by atoms with E-state index < -0.39 is 11.8 Å². The third kappa shape index (κ3) is 3.24. The van der Waals surface area contributed by atoms with Gasteiger partial charge in [0.15, 0.2) is 5.52 Å². The van der Waals surface area contributed by atoms with Gasteiger partial charge in [0.25, 0.3) is 0 Å². The fraction of sp³-hybridized carbons (Fsp3) is 0.267. The average Bonchev–Trinajstić information content (AvgIpc) is 3.14. The van der Waals surface area contributed by atoms with E-state index in [1.165, 1.54) is 0 Å². The number of hydrogen-bond donors (Lipinski definition) is 2. The molecule has 0 bridgehead atoms. The molecule has 9 heteroatoms. The maximum atomic E-state index is 12.0. The first-order valence-electron chi connectivity index (χ1n) is 7.36. The summed E-state index contributed by atoms with van der Waals surface area (Å²) in [6.45, 7) is 4.61. The van der Waals surface area contributed by atoms with Crippen molar-refractivity contribution < 1.29 is 14.2 Å². The van der Waals surface area contributed by atoms with Crippen LogP contribution in [0.1, 0.15) is 11.4 Å². The number of aryl methyl sites for hydroxylation is 2. The lowest BCUT2D eigenvalue weighted by molar-refractivity contribution is -0.136. The first-order valence-corrected chi connectivity index (χ1v) is 7.36. The van der Waals surface area contributed by atoms with Gasteiger partial charge in [-0.05, 0) is 42.4 Å². The van der Waals surface area contributed by atoms with Crippen molar-refractivity contribution in [3.63, 3.8) is 0 Å². The van der Waals surface area contributed by atoms with Crippen molar-refractivity contribution in [2.45, 2.75) is 20.4 Å². The number of amides is 2. The topological polar surface area (TPSA) is 115 Å². The second-order valence-electron chi connectivity index (χ2n) is 5.30. The van der Waals surface area contributed by atoms with Gasteiger partial charge >= 0.3 is 11.8 Å². The van der Waals surface area contributed by atoms with Crippen molar-refractivity contribution in [3.05, 3.63) is 35.7 Å². The van der Waals surface area contributed by atoms with Crippen LogP contribution in [-0.2, 0) is 16.1 Å². The van der Waals surface area contributed by atoms with E-state index in [4.69, 9.17) is 0 Å². The lowest BCUT2D eigenvalue weighted by Crippen LogP contribution is -2.37. The van der Waals surface area contributed by atoms with E-state index in [-0.39, 0.29) is 0 Å². The molecule has 0 spiro atoms. The number of hydrogen-bond acceptors (Lipinski definition) is 6. The van der Waals surface area contributed by atoms with Crippen molar-refractivity contribution in [1.29, 1.82) is 0 Å². The summed E-state index contributed by atoms with van der Waals surface area (Å²) in [6, 6.07) is 6.94. The first kappa shape index (κ1) is 15.7. The van der Waals surface area contributed by atoms with E-state index in [2.05, 4.69) is 30.7 Å². The molecule has 1 aromatic carbocycles. The molecule has 0 radical (unpaired) electrons. The monoisotopic (exact) mass is 328 g/mol. The summed E-state index contributed by atoms with van der Waals surface area (Å²) < 4.78 is 6.39. The largest absolute Gasteiger partial charge is 0.346 e. The fourth-order valence-electron chi connectivity index (χ4n) is 2.34. The maximum Gasteiger partial charge on any atom is 0.313 e. The number of nitrogens with one attached hydrogen (secondary N) is 2. The Hall–Kier alpha value is -3.23. The zero-order chi connectivity index (χ0) is 17.1. The van der Waals surface area contributed by atoms with Crippen molar-refractivity contribution in [1.82, 2.24) is 25.4 Å². The zero-order valence-electron chi connectivity index (χ0n) is 13.2. The lowest BCUT2D eigenvalue weighted by Gasteiger charge is -2.07. The van der Waals surface area contributed by atoms with Gasteiger partial charge in [-0.15, -0.1) is 0 Å². The Balaban J connectivity index is 1.56. The highest BCUT2D eigenvalue weighted by Gasteiger charge is 2.16. The number of rotatable bonds is 4. The minimum absolute atomic E-state index is 0.296. The highest BCUT2D eigenvalue weighted by Crippen LogP contribution is 2.19. The Morgan fingerprint density at radius 1 is 1.21 bits per heavy atom. The number of carbonyl (C=O) groups is 2. The quantitative estimate of drug-likeness (QED) is 0.684. The summed E-state index contributed by atoms with van der Waals surface area (Å²) in [6.07, 6.45) is 0. The summed E-state index contributed by atoms with van der Waals surface area (Å²) in [5, 5.41) is 16.7. The van der Waals surface area contributed by atoms with Crippen molar-refractivity contribution in [3.8, 4) is 0 Å². The SMILES string of the molecule is Cc1cc(C)n(CCNC(=O)C(=O)Nc2cccc3nonc23)n1. The molecule has 0 aliphatic carbocycles. The predicted molar refractivity (Wildman–Crippen MR) is 85.1 cm³/mol. The molecule has 2 amide bonds. The van der Waals surface area contributed by atoms with Crippen molar-refractivity contribution in [2.75, 3.05) is 11.9 Å². The van der Waals surface area contributed by atoms with Crippen molar-refractivity contribution >= 4 is 28.5 Å². The van der Waals surface area contributed by atoms with E-state index in [0.29, 0.717) is 29.8 Å². The molecule has 0 fully saturated rings. The van der Waals surface area contributed by atoms with Crippen LogP contribution in [0.2, 0.25) is 0 Å². The van der Waals surface area contributed by atoms with Crippen molar-refractivity contribution in [2.24, 2.45) is 0 Å². The van der Waals surface area contributed by atoms with Crippen LogP contribution < -0.4 is 10.6 Å². The van der Waals surface area contributed by atoms with Crippen LogP contribution in [0.15, 0.2) is 28.9 Å². The Kier molecular flexibility index (Phi) is 4.23. The summed E-state index contributed by atoms with van der Waals surface area (Å²) in [5.41, 5.74) is 3.16. The first-order chi connectivity index (χ1) is 11.5. The van der Waals surface area contributed by atoms with Gasteiger partial charge in [-0.25, -0.2) is 4.63 Å². The summed E-state index contributed by atoms with van der Waals surface area (Å²) in [4.78, 5) is 23.9. The van der Waals surface area contributed by atoms with Crippen LogP contribution in [0.5, 0.6) is 0 Å². The Morgan fingerprint density at radius 2 is 2.04 bits per heavy atom. The molecule has 3 aromatic rings.